The molecule has 10 heteroatoms. The van der Waals surface area contributed by atoms with Crippen LogP contribution in [0, 0.1) is 5.82 Å². The molecule has 3 rings (SSSR count). The Morgan fingerprint density at radius 2 is 1.79 bits per heavy atom. The fraction of sp³-hybridized carbons (Fsp3) is 0.208. The number of hydrogen-bond donors (Lipinski definition) is 1. The number of ether oxygens (including phenoxy) is 1. The Morgan fingerprint density at radius 3 is 2.44 bits per heavy atom. The first-order chi connectivity index (χ1) is 16.3. The van der Waals surface area contributed by atoms with Crippen molar-refractivity contribution in [3.8, 4) is 5.75 Å². The molecule has 0 aliphatic carbocycles. The molecule has 0 fully saturated rings. The van der Waals surface area contributed by atoms with Gasteiger partial charge in [0, 0.05) is 23.1 Å². The molecular formula is C24H24ClFN2O4S2. The van der Waals surface area contributed by atoms with Crippen molar-refractivity contribution in [1.82, 2.24) is 5.32 Å². The Kier molecular flexibility index (Phi) is 9.20. The third-order valence-corrected chi connectivity index (χ3v) is 7.83. The molecule has 6 nitrogen and oxygen atoms in total. The summed E-state index contributed by atoms with van der Waals surface area (Å²) < 4.78 is 46.1. The van der Waals surface area contributed by atoms with Crippen LogP contribution in [0.2, 0.25) is 5.02 Å². The second-order valence-electron chi connectivity index (χ2n) is 7.20. The minimum absolute atomic E-state index is 0.0116. The van der Waals surface area contributed by atoms with Crippen LogP contribution in [0.15, 0.2) is 77.7 Å². The highest BCUT2D eigenvalue weighted by Crippen LogP contribution is 2.25. The molecule has 0 radical (unpaired) electrons. The van der Waals surface area contributed by atoms with Gasteiger partial charge in [-0.05, 0) is 66.2 Å². The van der Waals surface area contributed by atoms with Gasteiger partial charge in [-0.1, -0.05) is 23.7 Å². The van der Waals surface area contributed by atoms with E-state index in [2.05, 4.69) is 5.32 Å². The van der Waals surface area contributed by atoms with Crippen LogP contribution in [0.25, 0.3) is 0 Å². The van der Waals surface area contributed by atoms with Crippen molar-refractivity contribution >= 4 is 45.0 Å². The number of hydrogen-bond acceptors (Lipinski definition) is 5. The van der Waals surface area contributed by atoms with Gasteiger partial charge in [0.2, 0.25) is 5.91 Å². The van der Waals surface area contributed by atoms with Crippen molar-refractivity contribution < 1.29 is 22.3 Å². The monoisotopic (exact) mass is 522 g/mol. The maximum absolute atomic E-state index is 13.4. The molecule has 3 aromatic rings. The van der Waals surface area contributed by atoms with Gasteiger partial charge >= 0.3 is 0 Å². The van der Waals surface area contributed by atoms with E-state index < -0.39 is 28.3 Å². The number of amides is 1. The molecule has 0 unspecified atom stereocenters. The Labute approximate surface area is 208 Å². The first kappa shape index (κ1) is 25.9. The zero-order valence-electron chi connectivity index (χ0n) is 18.4. The summed E-state index contributed by atoms with van der Waals surface area (Å²) in [7, 11) is -2.61. The smallest absolute Gasteiger partial charge is 0.264 e. The summed E-state index contributed by atoms with van der Waals surface area (Å²) in [6, 6.07) is 18.3. The molecule has 3 aromatic carbocycles. The van der Waals surface area contributed by atoms with Crippen molar-refractivity contribution in [2.45, 2.75) is 10.6 Å². The van der Waals surface area contributed by atoms with Crippen LogP contribution in [-0.2, 0) is 20.6 Å². The summed E-state index contributed by atoms with van der Waals surface area (Å²) in [5, 5.41) is 3.42. The largest absolute Gasteiger partial charge is 0.497 e. The van der Waals surface area contributed by atoms with Crippen LogP contribution in [0.5, 0.6) is 5.75 Å². The number of halogens is 2. The van der Waals surface area contributed by atoms with Crippen molar-refractivity contribution in [1.29, 1.82) is 0 Å². The summed E-state index contributed by atoms with van der Waals surface area (Å²) in [6.45, 7) is -0.0805. The lowest BCUT2D eigenvalue weighted by Gasteiger charge is -2.24. The number of carbonyl (C=O) groups is 1. The molecule has 0 saturated heterocycles. The second kappa shape index (κ2) is 12.1. The predicted molar refractivity (Wildman–Crippen MR) is 135 cm³/mol. The molecule has 0 atom stereocenters. The van der Waals surface area contributed by atoms with Gasteiger partial charge in [-0.3, -0.25) is 9.10 Å². The Morgan fingerprint density at radius 1 is 1.09 bits per heavy atom. The summed E-state index contributed by atoms with van der Waals surface area (Å²) in [6.07, 6.45) is 0. The normalized spacial score (nSPS) is 11.1. The molecule has 0 heterocycles. The number of rotatable bonds is 11. The number of carbonyl (C=O) groups excluding carboxylic acids is 1. The quantitative estimate of drug-likeness (QED) is 0.368. The van der Waals surface area contributed by atoms with Crippen molar-refractivity contribution in [3.05, 3.63) is 89.2 Å². The minimum atomic E-state index is -4.09. The fourth-order valence-electron chi connectivity index (χ4n) is 3.06. The third-order valence-electron chi connectivity index (χ3n) is 4.78. The standard InChI is InChI=1S/C24H24ClFN2O4S2/c1-32-22-9-11-23(12-10-22)34(30,31)28(21-7-5-20(26)6-8-21)16-24(29)27-13-14-33-17-18-3-2-4-19(25)15-18/h2-12,15H,13-14,16-17H2,1H3,(H,27,29). The van der Waals surface area contributed by atoms with Gasteiger partial charge in [0.1, 0.15) is 18.1 Å². The van der Waals surface area contributed by atoms with E-state index in [4.69, 9.17) is 16.3 Å². The molecule has 0 aromatic heterocycles. The van der Waals surface area contributed by atoms with Crippen LogP contribution >= 0.6 is 23.4 Å². The summed E-state index contributed by atoms with van der Waals surface area (Å²) in [5.74, 6) is 0.904. The van der Waals surface area contributed by atoms with Gasteiger partial charge in [-0.15, -0.1) is 0 Å². The predicted octanol–water partition coefficient (Wildman–Crippen LogP) is 4.73. The zero-order valence-corrected chi connectivity index (χ0v) is 20.8. The average Bonchev–Trinajstić information content (AvgIpc) is 2.83. The second-order valence-corrected chi connectivity index (χ2v) is 10.6. The van der Waals surface area contributed by atoms with E-state index in [0.29, 0.717) is 23.1 Å². The van der Waals surface area contributed by atoms with E-state index in [9.17, 15) is 17.6 Å². The maximum Gasteiger partial charge on any atom is 0.264 e. The molecule has 1 amide bonds. The summed E-state index contributed by atoms with van der Waals surface area (Å²) in [5.41, 5.74) is 1.26. The highest BCUT2D eigenvalue weighted by Gasteiger charge is 2.27. The molecule has 0 aliphatic heterocycles. The molecule has 1 N–H and O–H groups in total. The van der Waals surface area contributed by atoms with Gasteiger partial charge in [0.25, 0.3) is 10.0 Å². The first-order valence-corrected chi connectivity index (χ1v) is 13.3. The van der Waals surface area contributed by atoms with Gasteiger partial charge in [0.05, 0.1) is 17.7 Å². The molecular weight excluding hydrogens is 499 g/mol. The maximum atomic E-state index is 13.4. The number of sulfonamides is 1. The molecule has 34 heavy (non-hydrogen) atoms. The van der Waals surface area contributed by atoms with Crippen molar-refractivity contribution in [2.75, 3.05) is 30.3 Å². The summed E-state index contributed by atoms with van der Waals surface area (Å²) >= 11 is 7.60. The lowest BCUT2D eigenvalue weighted by molar-refractivity contribution is -0.119. The molecule has 180 valence electrons. The molecule has 0 bridgehead atoms. The Bertz CT molecular complexity index is 1210. The van der Waals surface area contributed by atoms with Gasteiger partial charge in [-0.25, -0.2) is 12.8 Å². The highest BCUT2D eigenvalue weighted by atomic mass is 35.5. The number of anilines is 1. The van der Waals surface area contributed by atoms with Crippen LogP contribution in [0.4, 0.5) is 10.1 Å². The number of nitrogens with zero attached hydrogens (tertiary/aromatic N) is 1. The first-order valence-electron chi connectivity index (χ1n) is 10.3. The van der Waals surface area contributed by atoms with E-state index >= 15 is 0 Å². The average molecular weight is 523 g/mol. The topological polar surface area (TPSA) is 75.7 Å². The van der Waals surface area contributed by atoms with E-state index in [1.807, 2.05) is 24.3 Å². The van der Waals surface area contributed by atoms with Gasteiger partial charge in [-0.2, -0.15) is 11.8 Å². The zero-order chi connectivity index (χ0) is 24.6. The Balaban J connectivity index is 1.65. The van der Waals surface area contributed by atoms with Crippen LogP contribution in [-0.4, -0.2) is 40.3 Å². The van der Waals surface area contributed by atoms with E-state index in [0.717, 1.165) is 27.8 Å². The fourth-order valence-corrected chi connectivity index (χ4v) is 5.50. The van der Waals surface area contributed by atoms with Crippen molar-refractivity contribution in [3.63, 3.8) is 0 Å². The lowest BCUT2D eigenvalue weighted by atomic mass is 10.2. The van der Waals surface area contributed by atoms with Crippen LogP contribution in [0.1, 0.15) is 5.56 Å². The van der Waals surface area contributed by atoms with Gasteiger partial charge in [0.15, 0.2) is 0 Å². The van der Waals surface area contributed by atoms with E-state index in [-0.39, 0.29) is 10.6 Å². The highest BCUT2D eigenvalue weighted by molar-refractivity contribution is 7.98. The number of benzene rings is 3. The van der Waals surface area contributed by atoms with E-state index in [1.165, 1.54) is 43.5 Å². The number of nitrogens with one attached hydrogen (secondary N) is 1. The van der Waals surface area contributed by atoms with E-state index in [1.54, 1.807) is 11.8 Å². The van der Waals surface area contributed by atoms with Gasteiger partial charge < -0.3 is 10.1 Å². The SMILES string of the molecule is COc1ccc(S(=O)(=O)N(CC(=O)NCCSCc2cccc(Cl)c2)c2ccc(F)cc2)cc1. The molecule has 0 saturated carbocycles. The lowest BCUT2D eigenvalue weighted by Crippen LogP contribution is -2.41. The summed E-state index contributed by atoms with van der Waals surface area (Å²) in [4.78, 5) is 12.6. The Hall–Kier alpha value is -2.75. The van der Waals surface area contributed by atoms with Crippen LogP contribution in [0.3, 0.4) is 0 Å². The molecule has 0 spiro atoms. The van der Waals surface area contributed by atoms with Crippen molar-refractivity contribution in [2.24, 2.45) is 0 Å². The number of thioether (sulfide) groups is 1. The minimum Gasteiger partial charge on any atom is -0.497 e. The third kappa shape index (κ3) is 7.12. The molecule has 0 aliphatic rings. The number of methoxy groups -OCH3 is 1. The van der Waals surface area contributed by atoms with Crippen LogP contribution < -0.4 is 14.4 Å².